The first kappa shape index (κ1) is 25.4. The van der Waals surface area contributed by atoms with Gasteiger partial charge in [-0.05, 0) is 61.1 Å². The Kier molecular flexibility index (Phi) is 8.35. The molecule has 2 aromatic carbocycles. The van der Waals surface area contributed by atoms with Crippen molar-refractivity contribution < 1.29 is 23.1 Å². The second-order valence-electron chi connectivity index (χ2n) is 8.55. The highest BCUT2D eigenvalue weighted by Gasteiger charge is 2.45. The predicted octanol–water partition coefficient (Wildman–Crippen LogP) is 6.89. The minimum Gasteiger partial charge on any atom is -0.466 e. The van der Waals surface area contributed by atoms with E-state index in [2.05, 4.69) is 5.32 Å². The van der Waals surface area contributed by atoms with Crippen molar-refractivity contribution in [3.8, 4) is 0 Å². The van der Waals surface area contributed by atoms with Crippen LogP contribution < -0.4 is 5.32 Å². The third-order valence-electron chi connectivity index (χ3n) is 5.94. The van der Waals surface area contributed by atoms with Crippen molar-refractivity contribution in [1.82, 2.24) is 0 Å². The van der Waals surface area contributed by atoms with Crippen molar-refractivity contribution in [2.24, 2.45) is 11.8 Å². The molecule has 2 aromatic rings. The van der Waals surface area contributed by atoms with E-state index in [-0.39, 0.29) is 31.1 Å². The molecule has 0 saturated heterocycles. The molecule has 2 unspecified atom stereocenters. The number of nitrogens with one attached hydrogen (secondary N) is 1. The maximum atomic E-state index is 14.0. The maximum Gasteiger partial charge on any atom is 0.308 e. The fourth-order valence-corrected chi connectivity index (χ4v) is 4.59. The van der Waals surface area contributed by atoms with E-state index in [1.54, 1.807) is 56.3 Å². The average molecular weight is 498 g/mol. The molecule has 0 heterocycles. The summed E-state index contributed by atoms with van der Waals surface area (Å²) in [7, 11) is 0. The number of ether oxygens (including phenoxy) is 1. The van der Waals surface area contributed by atoms with E-state index >= 15 is 0 Å². The molecular weight excluding hydrogens is 471 g/mol. The van der Waals surface area contributed by atoms with Gasteiger partial charge in [0.25, 0.3) is 0 Å². The van der Waals surface area contributed by atoms with Crippen molar-refractivity contribution in [2.75, 3.05) is 11.9 Å². The summed E-state index contributed by atoms with van der Waals surface area (Å²) >= 11 is 12.3. The number of anilines is 1. The van der Waals surface area contributed by atoms with Crippen LogP contribution >= 0.6 is 23.2 Å². The molecule has 178 valence electrons. The first-order valence-corrected chi connectivity index (χ1v) is 11.7. The molecule has 1 fully saturated rings. The van der Waals surface area contributed by atoms with Gasteiger partial charge in [0.1, 0.15) is 0 Å². The van der Waals surface area contributed by atoms with Crippen LogP contribution in [-0.2, 0) is 20.7 Å². The number of carbonyl (C=O) groups is 2. The summed E-state index contributed by atoms with van der Waals surface area (Å²) in [4.78, 5) is 25.3. The Morgan fingerprint density at radius 2 is 1.88 bits per heavy atom. The molecule has 4 nitrogen and oxygen atoms in total. The number of esters is 1. The molecule has 1 aliphatic carbocycles. The van der Waals surface area contributed by atoms with E-state index < -0.39 is 23.7 Å². The fourth-order valence-electron chi connectivity index (χ4n) is 4.30. The van der Waals surface area contributed by atoms with Gasteiger partial charge in [-0.3, -0.25) is 9.59 Å². The summed E-state index contributed by atoms with van der Waals surface area (Å²) < 4.78 is 33.0. The van der Waals surface area contributed by atoms with Gasteiger partial charge in [0.15, 0.2) is 0 Å². The van der Waals surface area contributed by atoms with Crippen molar-refractivity contribution in [1.29, 1.82) is 0 Å². The summed E-state index contributed by atoms with van der Waals surface area (Å²) in [5, 5.41) is 3.65. The van der Waals surface area contributed by atoms with Crippen LogP contribution in [0.2, 0.25) is 10.0 Å². The Morgan fingerprint density at radius 1 is 1.18 bits per heavy atom. The highest BCUT2D eigenvalue weighted by atomic mass is 35.5. The summed E-state index contributed by atoms with van der Waals surface area (Å²) in [5.74, 6) is -5.13. The van der Waals surface area contributed by atoms with Crippen LogP contribution in [0.4, 0.5) is 14.5 Å². The predicted molar refractivity (Wildman–Crippen MR) is 126 cm³/mol. The zero-order valence-corrected chi connectivity index (χ0v) is 20.1. The van der Waals surface area contributed by atoms with Crippen LogP contribution in [0.5, 0.6) is 0 Å². The van der Waals surface area contributed by atoms with Crippen LogP contribution in [0.15, 0.2) is 42.5 Å². The first-order chi connectivity index (χ1) is 15.6. The Bertz CT molecular complexity index is 998. The van der Waals surface area contributed by atoms with Crippen LogP contribution in [0, 0.1) is 11.8 Å². The van der Waals surface area contributed by atoms with Gasteiger partial charge in [0.2, 0.25) is 11.8 Å². The molecule has 1 aliphatic rings. The molecule has 8 heteroatoms. The van der Waals surface area contributed by atoms with Gasteiger partial charge in [-0.25, -0.2) is 8.78 Å². The van der Waals surface area contributed by atoms with Crippen LogP contribution in [0.25, 0.3) is 0 Å². The van der Waals surface area contributed by atoms with E-state index in [1.807, 2.05) is 0 Å². The molecule has 0 radical (unpaired) electrons. The van der Waals surface area contributed by atoms with Crippen LogP contribution in [0.3, 0.4) is 0 Å². The van der Waals surface area contributed by atoms with Crippen LogP contribution in [0.1, 0.15) is 50.2 Å². The van der Waals surface area contributed by atoms with Gasteiger partial charge in [0.05, 0.1) is 29.2 Å². The molecule has 1 N–H and O–H groups in total. The standard InChI is InChI=1S/C25H27Cl2F2NO3/c1-3-33-24(32)15(2)12-16-4-9-20(27)21(13-16)30-23(31)22(17-5-7-19(26)8-6-17)18-10-11-25(28,29)14-18/h4-9,13,15,18,22H,3,10-12,14H2,1-2H3,(H,30,31)/t15-,18?,22?/m0/s1. The lowest BCUT2D eigenvalue weighted by molar-refractivity contribution is -0.147. The van der Waals surface area contributed by atoms with E-state index in [9.17, 15) is 18.4 Å². The number of alkyl halides is 2. The zero-order valence-electron chi connectivity index (χ0n) is 18.5. The van der Waals surface area contributed by atoms with E-state index in [0.29, 0.717) is 34.3 Å². The van der Waals surface area contributed by atoms with Crippen molar-refractivity contribution in [3.05, 3.63) is 63.6 Å². The normalized spacial score (nSPS) is 19.0. The molecule has 1 amide bonds. The lowest BCUT2D eigenvalue weighted by Crippen LogP contribution is -2.27. The minimum absolute atomic E-state index is 0.239. The summed E-state index contributed by atoms with van der Waals surface area (Å²) in [5.41, 5.74) is 1.80. The van der Waals surface area contributed by atoms with Gasteiger partial charge >= 0.3 is 5.97 Å². The van der Waals surface area contributed by atoms with E-state index in [4.69, 9.17) is 27.9 Å². The Hall–Kier alpha value is -2.18. The molecule has 1 saturated carbocycles. The van der Waals surface area contributed by atoms with E-state index in [0.717, 1.165) is 5.56 Å². The summed E-state index contributed by atoms with van der Waals surface area (Å²) in [6, 6.07) is 11.8. The lowest BCUT2D eigenvalue weighted by atomic mass is 9.84. The van der Waals surface area contributed by atoms with Gasteiger partial charge in [-0.2, -0.15) is 0 Å². The lowest BCUT2D eigenvalue weighted by Gasteiger charge is -2.24. The monoisotopic (exact) mass is 497 g/mol. The topological polar surface area (TPSA) is 55.4 Å². The molecule has 0 spiro atoms. The minimum atomic E-state index is -2.78. The Morgan fingerprint density at radius 3 is 2.48 bits per heavy atom. The van der Waals surface area contributed by atoms with Crippen molar-refractivity contribution >= 4 is 40.8 Å². The molecule has 0 bridgehead atoms. The number of halogens is 4. The van der Waals surface area contributed by atoms with Crippen molar-refractivity contribution in [2.45, 2.75) is 51.4 Å². The molecular formula is C25H27Cl2F2NO3. The largest absolute Gasteiger partial charge is 0.466 e. The van der Waals surface area contributed by atoms with Crippen molar-refractivity contribution in [3.63, 3.8) is 0 Å². The maximum absolute atomic E-state index is 14.0. The number of carbonyl (C=O) groups excluding carboxylic acids is 2. The smallest absolute Gasteiger partial charge is 0.308 e. The molecule has 3 rings (SSSR count). The number of benzene rings is 2. The molecule has 0 aliphatic heterocycles. The first-order valence-electron chi connectivity index (χ1n) is 11.0. The third kappa shape index (κ3) is 6.67. The highest BCUT2D eigenvalue weighted by Crippen LogP contribution is 2.46. The van der Waals surface area contributed by atoms with Gasteiger partial charge < -0.3 is 10.1 Å². The Balaban J connectivity index is 1.83. The Labute approximate surface area is 202 Å². The highest BCUT2D eigenvalue weighted by molar-refractivity contribution is 6.33. The van der Waals surface area contributed by atoms with Gasteiger partial charge in [-0.15, -0.1) is 0 Å². The van der Waals surface area contributed by atoms with Gasteiger partial charge in [-0.1, -0.05) is 48.3 Å². The number of hydrogen-bond donors (Lipinski definition) is 1. The summed E-state index contributed by atoms with van der Waals surface area (Å²) in [6.45, 7) is 3.82. The third-order valence-corrected chi connectivity index (χ3v) is 6.53. The molecule has 3 atom stereocenters. The van der Waals surface area contributed by atoms with E-state index in [1.165, 1.54) is 0 Å². The average Bonchev–Trinajstić information content (AvgIpc) is 3.11. The SMILES string of the molecule is CCOC(=O)[C@@H](C)Cc1ccc(Cl)c(NC(=O)C(c2ccc(Cl)cc2)C2CCC(F)(F)C2)c1. The summed E-state index contributed by atoms with van der Waals surface area (Å²) in [6.07, 6.45) is 0.0719. The number of rotatable bonds is 8. The second kappa shape index (κ2) is 10.8. The number of hydrogen-bond acceptors (Lipinski definition) is 3. The van der Waals surface area contributed by atoms with Crippen LogP contribution in [-0.4, -0.2) is 24.4 Å². The van der Waals surface area contributed by atoms with Gasteiger partial charge in [0, 0.05) is 17.9 Å². The number of amides is 1. The second-order valence-corrected chi connectivity index (χ2v) is 9.39. The quantitative estimate of drug-likeness (QED) is 0.403. The fraction of sp³-hybridized carbons (Fsp3) is 0.440. The molecule has 33 heavy (non-hydrogen) atoms. The molecule has 0 aromatic heterocycles. The zero-order chi connectivity index (χ0) is 24.2.